The second kappa shape index (κ2) is 6.73. The monoisotopic (exact) mass is 289 g/mol. The van der Waals surface area contributed by atoms with Crippen LogP contribution in [0.1, 0.15) is 23.9 Å². The largest absolute Gasteiger partial charge is 0.399 e. The van der Waals surface area contributed by atoms with E-state index in [2.05, 4.69) is 22.9 Å². The Morgan fingerprint density at radius 1 is 1.20 bits per heavy atom. The van der Waals surface area contributed by atoms with Gasteiger partial charge in [-0.25, -0.2) is 0 Å². The van der Waals surface area contributed by atoms with Crippen molar-refractivity contribution in [2.24, 2.45) is 0 Å². The smallest absolute Gasteiger partial charge is 0.0547 e. The molecule has 0 aliphatic heterocycles. The molecule has 2 aromatic rings. The van der Waals surface area contributed by atoms with E-state index in [1.807, 2.05) is 37.3 Å². The van der Waals surface area contributed by atoms with Gasteiger partial charge in [0.1, 0.15) is 0 Å². The van der Waals surface area contributed by atoms with Crippen LogP contribution in [0.5, 0.6) is 0 Å². The molecular formula is C16H20ClN3. The fraction of sp³-hybridized carbons (Fsp3) is 0.312. The Kier molecular flexibility index (Phi) is 4.99. The Morgan fingerprint density at radius 3 is 2.70 bits per heavy atom. The van der Waals surface area contributed by atoms with Gasteiger partial charge in [0, 0.05) is 29.5 Å². The number of nitrogens with zero attached hydrogens (tertiary/aromatic N) is 2. The number of aryl methyl sites for hydroxylation is 1. The lowest BCUT2D eigenvalue weighted by atomic mass is 10.2. The molecule has 0 saturated carbocycles. The van der Waals surface area contributed by atoms with E-state index in [0.29, 0.717) is 0 Å². The third kappa shape index (κ3) is 3.95. The molecule has 0 fully saturated rings. The molecule has 106 valence electrons. The quantitative estimate of drug-likeness (QED) is 0.855. The highest BCUT2D eigenvalue weighted by Crippen LogP contribution is 2.21. The molecule has 1 heterocycles. The second-order valence-electron chi connectivity index (χ2n) is 4.92. The number of hydrogen-bond donors (Lipinski definition) is 1. The standard InChI is InChI=1S/C16H20ClN3/c1-3-20(11-15-6-4-5-12(2)19-15)10-13-9-14(18)7-8-16(13)17/h4-9H,3,10-11,18H2,1-2H3. The molecular weight excluding hydrogens is 270 g/mol. The lowest BCUT2D eigenvalue weighted by Crippen LogP contribution is -2.23. The second-order valence-corrected chi connectivity index (χ2v) is 5.33. The first-order valence-corrected chi connectivity index (χ1v) is 7.15. The van der Waals surface area contributed by atoms with Crippen molar-refractivity contribution in [2.45, 2.75) is 26.9 Å². The summed E-state index contributed by atoms with van der Waals surface area (Å²) in [4.78, 5) is 6.84. The summed E-state index contributed by atoms with van der Waals surface area (Å²) < 4.78 is 0. The van der Waals surface area contributed by atoms with Crippen LogP contribution < -0.4 is 5.73 Å². The Morgan fingerprint density at radius 2 is 2.00 bits per heavy atom. The van der Waals surface area contributed by atoms with Crippen molar-refractivity contribution < 1.29 is 0 Å². The summed E-state index contributed by atoms with van der Waals surface area (Å²) in [6.07, 6.45) is 0. The maximum atomic E-state index is 6.23. The normalized spacial score (nSPS) is 11.0. The van der Waals surface area contributed by atoms with Crippen LogP contribution in [0.4, 0.5) is 5.69 Å². The molecule has 0 bridgehead atoms. The molecule has 20 heavy (non-hydrogen) atoms. The third-order valence-corrected chi connectivity index (χ3v) is 3.61. The molecule has 1 aromatic carbocycles. The number of hydrogen-bond acceptors (Lipinski definition) is 3. The number of pyridine rings is 1. The van der Waals surface area contributed by atoms with Crippen LogP contribution in [-0.2, 0) is 13.1 Å². The van der Waals surface area contributed by atoms with Gasteiger partial charge in [0.15, 0.2) is 0 Å². The van der Waals surface area contributed by atoms with Gasteiger partial charge in [0.05, 0.1) is 5.69 Å². The SMILES string of the molecule is CCN(Cc1cccc(C)n1)Cc1cc(N)ccc1Cl. The Labute approximate surface area is 125 Å². The van der Waals surface area contributed by atoms with E-state index in [4.69, 9.17) is 17.3 Å². The summed E-state index contributed by atoms with van der Waals surface area (Å²) in [5.74, 6) is 0. The van der Waals surface area contributed by atoms with Crippen LogP contribution in [0.2, 0.25) is 5.02 Å². The number of rotatable bonds is 5. The Bertz CT molecular complexity index is 584. The molecule has 0 unspecified atom stereocenters. The van der Waals surface area contributed by atoms with Gasteiger partial charge in [0.2, 0.25) is 0 Å². The number of anilines is 1. The minimum Gasteiger partial charge on any atom is -0.399 e. The number of nitrogens with two attached hydrogens (primary N) is 1. The fourth-order valence-electron chi connectivity index (χ4n) is 2.15. The summed E-state index contributed by atoms with van der Waals surface area (Å²) in [6.45, 7) is 6.66. The van der Waals surface area contributed by atoms with Crippen molar-refractivity contribution in [1.29, 1.82) is 0 Å². The zero-order chi connectivity index (χ0) is 14.5. The summed E-state index contributed by atoms with van der Waals surface area (Å²) in [5.41, 5.74) is 9.75. The lowest BCUT2D eigenvalue weighted by Gasteiger charge is -2.21. The number of aromatic nitrogens is 1. The van der Waals surface area contributed by atoms with E-state index in [1.165, 1.54) is 0 Å². The van der Waals surface area contributed by atoms with Gasteiger partial charge in [-0.3, -0.25) is 9.88 Å². The van der Waals surface area contributed by atoms with E-state index in [0.717, 1.165) is 47.3 Å². The first-order chi connectivity index (χ1) is 9.58. The first-order valence-electron chi connectivity index (χ1n) is 6.77. The number of nitrogen functional groups attached to an aromatic ring is 1. The average molecular weight is 290 g/mol. The molecule has 4 heteroatoms. The Balaban J connectivity index is 2.11. The van der Waals surface area contributed by atoms with E-state index in [-0.39, 0.29) is 0 Å². The summed E-state index contributed by atoms with van der Waals surface area (Å²) in [5, 5.41) is 0.759. The maximum absolute atomic E-state index is 6.23. The summed E-state index contributed by atoms with van der Waals surface area (Å²) in [7, 11) is 0. The molecule has 0 atom stereocenters. The molecule has 0 radical (unpaired) electrons. The van der Waals surface area contributed by atoms with E-state index in [1.54, 1.807) is 0 Å². The van der Waals surface area contributed by atoms with Gasteiger partial charge in [-0.2, -0.15) is 0 Å². The molecule has 1 aromatic heterocycles. The van der Waals surface area contributed by atoms with Gasteiger partial charge in [-0.05, 0) is 49.4 Å². The lowest BCUT2D eigenvalue weighted by molar-refractivity contribution is 0.268. The first kappa shape index (κ1) is 14.8. The topological polar surface area (TPSA) is 42.2 Å². The van der Waals surface area contributed by atoms with Crippen molar-refractivity contribution in [1.82, 2.24) is 9.88 Å². The van der Waals surface area contributed by atoms with Crippen LogP contribution in [0.15, 0.2) is 36.4 Å². The highest BCUT2D eigenvalue weighted by atomic mass is 35.5. The predicted molar refractivity (Wildman–Crippen MR) is 84.6 cm³/mol. The molecule has 0 aliphatic rings. The highest BCUT2D eigenvalue weighted by Gasteiger charge is 2.09. The molecule has 2 N–H and O–H groups in total. The predicted octanol–water partition coefficient (Wildman–Crippen LogP) is 3.65. The van der Waals surface area contributed by atoms with Gasteiger partial charge in [0.25, 0.3) is 0 Å². The minimum atomic E-state index is 0.745. The average Bonchev–Trinajstić information content (AvgIpc) is 2.42. The Hall–Kier alpha value is -1.58. The van der Waals surface area contributed by atoms with Gasteiger partial charge >= 0.3 is 0 Å². The van der Waals surface area contributed by atoms with Gasteiger partial charge < -0.3 is 5.73 Å². The van der Waals surface area contributed by atoms with Crippen LogP contribution in [-0.4, -0.2) is 16.4 Å². The van der Waals surface area contributed by atoms with Crippen molar-refractivity contribution in [3.05, 3.63) is 58.4 Å². The van der Waals surface area contributed by atoms with E-state index < -0.39 is 0 Å². The molecule has 0 aliphatic carbocycles. The van der Waals surface area contributed by atoms with E-state index >= 15 is 0 Å². The van der Waals surface area contributed by atoms with Crippen molar-refractivity contribution in [2.75, 3.05) is 12.3 Å². The summed E-state index contributed by atoms with van der Waals surface area (Å²) in [6, 6.07) is 11.7. The third-order valence-electron chi connectivity index (χ3n) is 3.24. The molecule has 0 amide bonds. The minimum absolute atomic E-state index is 0.745. The number of halogens is 1. The zero-order valence-electron chi connectivity index (χ0n) is 11.9. The van der Waals surface area contributed by atoms with Gasteiger partial charge in [-0.15, -0.1) is 0 Å². The van der Waals surface area contributed by atoms with Crippen LogP contribution in [0.3, 0.4) is 0 Å². The molecule has 2 rings (SSSR count). The van der Waals surface area contributed by atoms with Crippen LogP contribution in [0.25, 0.3) is 0 Å². The van der Waals surface area contributed by atoms with Crippen LogP contribution in [0, 0.1) is 6.92 Å². The van der Waals surface area contributed by atoms with Gasteiger partial charge in [-0.1, -0.05) is 24.6 Å². The summed E-state index contributed by atoms with van der Waals surface area (Å²) >= 11 is 6.23. The van der Waals surface area contributed by atoms with Crippen molar-refractivity contribution in [3.63, 3.8) is 0 Å². The fourth-order valence-corrected chi connectivity index (χ4v) is 2.33. The van der Waals surface area contributed by atoms with Crippen molar-refractivity contribution in [3.8, 4) is 0 Å². The van der Waals surface area contributed by atoms with E-state index in [9.17, 15) is 0 Å². The number of benzene rings is 1. The maximum Gasteiger partial charge on any atom is 0.0547 e. The molecule has 3 nitrogen and oxygen atoms in total. The molecule has 0 saturated heterocycles. The highest BCUT2D eigenvalue weighted by molar-refractivity contribution is 6.31. The zero-order valence-corrected chi connectivity index (χ0v) is 12.7. The van der Waals surface area contributed by atoms with Crippen LogP contribution >= 0.6 is 11.6 Å². The molecule has 0 spiro atoms. The van der Waals surface area contributed by atoms with Crippen molar-refractivity contribution >= 4 is 17.3 Å².